The first-order chi connectivity index (χ1) is 8.38. The third-order valence-electron chi connectivity index (χ3n) is 2.87. The molecule has 0 amide bonds. The van der Waals surface area contributed by atoms with Crippen molar-refractivity contribution in [2.75, 3.05) is 0 Å². The van der Waals surface area contributed by atoms with E-state index in [4.69, 9.17) is 4.74 Å². The lowest BCUT2D eigenvalue weighted by molar-refractivity contribution is -0.159. The quantitative estimate of drug-likeness (QED) is 0.287. The number of carbonyl (C=O) groups is 2. The lowest BCUT2D eigenvalue weighted by Gasteiger charge is -2.26. The van der Waals surface area contributed by atoms with Crippen molar-refractivity contribution in [3.05, 3.63) is 24.3 Å². The highest BCUT2D eigenvalue weighted by Crippen LogP contribution is 2.22. The third kappa shape index (κ3) is 5.80. The lowest BCUT2D eigenvalue weighted by Crippen LogP contribution is -2.32. The van der Waals surface area contributed by atoms with Crippen molar-refractivity contribution < 1.29 is 14.3 Å². The van der Waals surface area contributed by atoms with E-state index in [-0.39, 0.29) is 0 Å². The molecule has 0 saturated carbocycles. The summed E-state index contributed by atoms with van der Waals surface area (Å²) in [6.07, 6.45) is 6.30. The summed E-state index contributed by atoms with van der Waals surface area (Å²) in [6.45, 7) is 11.4. The molecule has 2 atom stereocenters. The fraction of sp³-hybridized carbons (Fsp3) is 0.600. The summed E-state index contributed by atoms with van der Waals surface area (Å²) in [7, 11) is 0. The molecule has 0 spiro atoms. The first kappa shape index (κ1) is 16.6. The van der Waals surface area contributed by atoms with Crippen LogP contribution in [-0.2, 0) is 14.3 Å². The topological polar surface area (TPSA) is 43.4 Å². The molecule has 0 rings (SSSR count). The van der Waals surface area contributed by atoms with Crippen LogP contribution in [0.1, 0.15) is 47.0 Å². The highest BCUT2D eigenvalue weighted by atomic mass is 16.6. The molecule has 0 aromatic rings. The van der Waals surface area contributed by atoms with Gasteiger partial charge in [0.05, 0.1) is 0 Å². The molecule has 0 fully saturated rings. The van der Waals surface area contributed by atoms with Crippen LogP contribution in [0.25, 0.3) is 0 Å². The predicted molar refractivity (Wildman–Crippen MR) is 73.2 cm³/mol. The number of hydrogen-bond acceptors (Lipinski definition) is 3. The maximum Gasteiger partial charge on any atom is 0.317 e. The molecule has 0 aliphatic carbocycles. The summed E-state index contributed by atoms with van der Waals surface area (Å²) < 4.78 is 5.40. The van der Waals surface area contributed by atoms with Crippen molar-refractivity contribution in [1.29, 1.82) is 0 Å². The van der Waals surface area contributed by atoms with Gasteiger partial charge in [-0.1, -0.05) is 25.2 Å². The van der Waals surface area contributed by atoms with Crippen LogP contribution in [0.5, 0.6) is 0 Å². The van der Waals surface area contributed by atoms with E-state index in [1.165, 1.54) is 5.57 Å². The van der Waals surface area contributed by atoms with Crippen LogP contribution >= 0.6 is 0 Å². The SMILES string of the molecule is C=CC(C)(CCC=C(C)C)OC(=O)C(C=O)CC. The van der Waals surface area contributed by atoms with Crippen molar-refractivity contribution >= 4 is 12.3 Å². The monoisotopic (exact) mass is 252 g/mol. The van der Waals surface area contributed by atoms with Crippen LogP contribution in [0, 0.1) is 5.92 Å². The predicted octanol–water partition coefficient (Wildman–Crippen LogP) is 3.45. The molecular weight excluding hydrogens is 228 g/mol. The molecule has 0 N–H and O–H groups in total. The van der Waals surface area contributed by atoms with Gasteiger partial charge in [0.15, 0.2) is 0 Å². The van der Waals surface area contributed by atoms with E-state index in [0.29, 0.717) is 19.1 Å². The van der Waals surface area contributed by atoms with Gasteiger partial charge in [-0.05, 0) is 46.1 Å². The summed E-state index contributed by atoms with van der Waals surface area (Å²) in [4.78, 5) is 22.5. The van der Waals surface area contributed by atoms with E-state index in [9.17, 15) is 9.59 Å². The molecule has 102 valence electrons. The van der Waals surface area contributed by atoms with Crippen LogP contribution in [0.4, 0.5) is 0 Å². The summed E-state index contributed by atoms with van der Waals surface area (Å²) in [5.74, 6) is -1.14. The molecule has 0 saturated heterocycles. The Morgan fingerprint density at radius 3 is 2.44 bits per heavy atom. The molecule has 0 aromatic heterocycles. The van der Waals surface area contributed by atoms with Crippen LogP contribution in [0.15, 0.2) is 24.3 Å². The number of rotatable bonds is 8. The fourth-order valence-electron chi connectivity index (χ4n) is 1.47. The first-order valence-corrected chi connectivity index (χ1v) is 6.33. The number of esters is 1. The molecular formula is C15H24O3. The van der Waals surface area contributed by atoms with E-state index in [2.05, 4.69) is 12.7 Å². The van der Waals surface area contributed by atoms with Gasteiger partial charge in [0, 0.05) is 0 Å². The molecule has 3 nitrogen and oxygen atoms in total. The number of ether oxygens (including phenoxy) is 1. The van der Waals surface area contributed by atoms with E-state index < -0.39 is 17.5 Å². The number of hydrogen-bond donors (Lipinski definition) is 0. The van der Waals surface area contributed by atoms with Gasteiger partial charge < -0.3 is 9.53 Å². The van der Waals surface area contributed by atoms with E-state index in [1.54, 1.807) is 13.0 Å². The van der Waals surface area contributed by atoms with Crippen molar-refractivity contribution in [2.45, 2.75) is 52.6 Å². The van der Waals surface area contributed by atoms with E-state index >= 15 is 0 Å². The summed E-state index contributed by atoms with van der Waals surface area (Å²) in [5.41, 5.74) is 0.520. The Kier molecular flexibility index (Phi) is 7.25. The van der Waals surface area contributed by atoms with E-state index in [0.717, 1.165) is 6.42 Å². The van der Waals surface area contributed by atoms with Gasteiger partial charge in [0.25, 0.3) is 0 Å². The van der Waals surface area contributed by atoms with Crippen LogP contribution in [0.3, 0.4) is 0 Å². The zero-order valence-electron chi connectivity index (χ0n) is 11.9. The summed E-state index contributed by atoms with van der Waals surface area (Å²) in [6, 6.07) is 0. The molecule has 0 aliphatic rings. The van der Waals surface area contributed by atoms with Crippen LogP contribution in [0.2, 0.25) is 0 Å². The smallest absolute Gasteiger partial charge is 0.317 e. The van der Waals surface area contributed by atoms with Crippen molar-refractivity contribution in [2.24, 2.45) is 5.92 Å². The van der Waals surface area contributed by atoms with Crippen LogP contribution < -0.4 is 0 Å². The average molecular weight is 252 g/mol. The minimum absolute atomic E-state index is 0.462. The van der Waals surface area contributed by atoms with Crippen molar-refractivity contribution in [3.63, 3.8) is 0 Å². The second kappa shape index (κ2) is 7.85. The minimum Gasteiger partial charge on any atom is -0.455 e. The maximum absolute atomic E-state index is 11.8. The molecule has 2 unspecified atom stereocenters. The number of allylic oxidation sites excluding steroid dienone is 2. The van der Waals surface area contributed by atoms with Crippen LogP contribution in [-0.4, -0.2) is 17.9 Å². The summed E-state index contributed by atoms with van der Waals surface area (Å²) >= 11 is 0. The molecule has 0 bridgehead atoms. The summed E-state index contributed by atoms with van der Waals surface area (Å²) in [5, 5.41) is 0. The minimum atomic E-state index is -0.709. The Morgan fingerprint density at radius 1 is 1.44 bits per heavy atom. The Balaban J connectivity index is 4.56. The highest BCUT2D eigenvalue weighted by Gasteiger charge is 2.28. The Hall–Kier alpha value is -1.38. The highest BCUT2D eigenvalue weighted by molar-refractivity contribution is 5.87. The largest absolute Gasteiger partial charge is 0.455 e. The second-order valence-electron chi connectivity index (χ2n) is 4.91. The van der Waals surface area contributed by atoms with Gasteiger partial charge >= 0.3 is 5.97 Å². The van der Waals surface area contributed by atoms with Crippen molar-refractivity contribution in [3.8, 4) is 0 Å². The Morgan fingerprint density at radius 2 is 2.06 bits per heavy atom. The van der Waals surface area contributed by atoms with Gasteiger partial charge in [-0.15, -0.1) is 0 Å². The zero-order valence-corrected chi connectivity index (χ0v) is 11.9. The fourth-order valence-corrected chi connectivity index (χ4v) is 1.47. The molecule has 0 aromatic carbocycles. The maximum atomic E-state index is 11.8. The van der Waals surface area contributed by atoms with Gasteiger partial charge in [0.1, 0.15) is 17.8 Å². The zero-order chi connectivity index (χ0) is 14.2. The normalized spacial score (nSPS) is 15.1. The standard InChI is InChI=1S/C15H24O3/c1-6-13(11-16)14(17)18-15(5,7-2)10-8-9-12(3)4/h7,9,11,13H,2,6,8,10H2,1,3-5H3. The van der Waals surface area contributed by atoms with Gasteiger partial charge in [-0.25, -0.2) is 0 Å². The molecule has 18 heavy (non-hydrogen) atoms. The Bertz CT molecular complexity index is 327. The van der Waals surface area contributed by atoms with E-state index in [1.807, 2.05) is 20.8 Å². The Labute approximate surface area is 110 Å². The van der Waals surface area contributed by atoms with Gasteiger partial charge in [-0.2, -0.15) is 0 Å². The molecule has 0 radical (unpaired) electrons. The lowest BCUT2D eigenvalue weighted by atomic mass is 9.98. The number of aldehydes is 1. The molecule has 3 heteroatoms. The number of carbonyl (C=O) groups excluding carboxylic acids is 2. The van der Waals surface area contributed by atoms with Crippen molar-refractivity contribution in [1.82, 2.24) is 0 Å². The average Bonchev–Trinajstić information content (AvgIpc) is 2.30. The first-order valence-electron chi connectivity index (χ1n) is 6.33. The molecule has 0 heterocycles. The van der Waals surface area contributed by atoms with Gasteiger partial charge in [-0.3, -0.25) is 4.79 Å². The second-order valence-corrected chi connectivity index (χ2v) is 4.91. The third-order valence-corrected chi connectivity index (χ3v) is 2.87. The van der Waals surface area contributed by atoms with Gasteiger partial charge in [0.2, 0.25) is 0 Å². The molecule has 0 aliphatic heterocycles.